The van der Waals surface area contributed by atoms with Crippen LogP contribution < -0.4 is 5.32 Å². The number of carbonyl (C=O) groups excluding carboxylic acids is 1. The summed E-state index contributed by atoms with van der Waals surface area (Å²) in [6, 6.07) is 0.221. The second-order valence-corrected chi connectivity index (χ2v) is 7.31. The Labute approximate surface area is 167 Å². The van der Waals surface area contributed by atoms with E-state index in [-0.39, 0.29) is 43.7 Å². The Morgan fingerprint density at radius 3 is 2.83 bits per heavy atom. The molecule has 0 saturated carbocycles. The van der Waals surface area contributed by atoms with Crippen LogP contribution in [0, 0.1) is 5.82 Å². The summed E-state index contributed by atoms with van der Waals surface area (Å²) in [5.74, 6) is -4.67. The van der Waals surface area contributed by atoms with Crippen molar-refractivity contribution in [3.63, 3.8) is 0 Å². The summed E-state index contributed by atoms with van der Waals surface area (Å²) in [5, 5.41) is 16.1. The van der Waals surface area contributed by atoms with Crippen LogP contribution in [0.15, 0.2) is 12.3 Å². The Kier molecular flexibility index (Phi) is 5.12. The number of anilines is 1. The van der Waals surface area contributed by atoms with Gasteiger partial charge in [-0.25, -0.2) is 18.0 Å². The van der Waals surface area contributed by atoms with Crippen LogP contribution in [0.5, 0.6) is 0 Å². The fourth-order valence-corrected chi connectivity index (χ4v) is 3.84. The predicted molar refractivity (Wildman–Crippen MR) is 93.6 cm³/mol. The number of rotatable bonds is 2. The zero-order valence-corrected chi connectivity index (χ0v) is 15.6. The van der Waals surface area contributed by atoms with Crippen LogP contribution in [0.4, 0.5) is 32.4 Å². The lowest BCUT2D eigenvalue weighted by molar-refractivity contribution is -0.0507. The van der Waals surface area contributed by atoms with Crippen LogP contribution in [-0.4, -0.2) is 43.5 Å². The summed E-state index contributed by atoms with van der Waals surface area (Å²) in [6.07, 6.45) is -3.77. The Morgan fingerprint density at radius 2 is 2.10 bits per heavy atom. The zero-order chi connectivity index (χ0) is 21.6. The minimum Gasteiger partial charge on any atom is -0.393 e. The molecule has 0 spiro atoms. The molecule has 4 rings (SSSR count). The highest BCUT2D eigenvalue weighted by Gasteiger charge is 2.44. The van der Waals surface area contributed by atoms with Crippen LogP contribution in [0.25, 0.3) is 0 Å². The van der Waals surface area contributed by atoms with Crippen molar-refractivity contribution in [2.45, 2.75) is 50.8 Å². The van der Waals surface area contributed by atoms with Crippen LogP contribution in [-0.2, 0) is 25.4 Å². The minimum absolute atomic E-state index is 0.129. The molecule has 12 heteroatoms. The molecule has 2 aromatic heterocycles. The van der Waals surface area contributed by atoms with E-state index in [0.717, 1.165) is 12.3 Å². The number of amides is 2. The third-order valence-corrected chi connectivity index (χ3v) is 5.27. The van der Waals surface area contributed by atoms with Gasteiger partial charge in [0.2, 0.25) is 0 Å². The molecule has 2 aliphatic heterocycles. The molecule has 1 atom stereocenters. The van der Waals surface area contributed by atoms with Gasteiger partial charge < -0.3 is 15.3 Å². The van der Waals surface area contributed by atoms with Gasteiger partial charge in [-0.2, -0.15) is 13.9 Å². The van der Waals surface area contributed by atoms with Crippen molar-refractivity contribution in [2.24, 2.45) is 0 Å². The molecule has 0 unspecified atom stereocenters. The molecule has 2 aliphatic rings. The second-order valence-electron chi connectivity index (χ2n) is 7.31. The van der Waals surface area contributed by atoms with Crippen molar-refractivity contribution in [3.05, 3.63) is 40.7 Å². The van der Waals surface area contributed by atoms with Crippen LogP contribution in [0.1, 0.15) is 41.9 Å². The molecular formula is C18H18F5N5O2. The number of nitrogens with one attached hydrogen (secondary N) is 1. The summed E-state index contributed by atoms with van der Waals surface area (Å²) in [7, 11) is 0. The fourth-order valence-electron chi connectivity index (χ4n) is 3.84. The molecule has 0 radical (unpaired) electrons. The fraction of sp³-hybridized carbons (Fsp3) is 0.500. The first-order valence-corrected chi connectivity index (χ1v) is 9.30. The van der Waals surface area contributed by atoms with Crippen molar-refractivity contribution in [1.29, 1.82) is 0 Å². The number of urea groups is 1. The van der Waals surface area contributed by atoms with E-state index in [2.05, 4.69) is 15.4 Å². The normalized spacial score (nSPS) is 20.5. The lowest BCUT2D eigenvalue weighted by atomic mass is 9.99. The third kappa shape index (κ3) is 3.59. The first-order valence-electron chi connectivity index (χ1n) is 9.30. The Morgan fingerprint density at radius 1 is 1.33 bits per heavy atom. The number of fused-ring (bicyclic) bond motifs is 3. The lowest BCUT2D eigenvalue weighted by Gasteiger charge is -2.28. The number of halogens is 5. The van der Waals surface area contributed by atoms with Crippen molar-refractivity contribution in [1.82, 2.24) is 19.7 Å². The van der Waals surface area contributed by atoms with Gasteiger partial charge in [-0.15, -0.1) is 0 Å². The molecule has 2 N–H and O–H groups in total. The number of alkyl halides is 4. The number of aliphatic hydroxyl groups is 1. The molecular weight excluding hydrogens is 413 g/mol. The smallest absolute Gasteiger partial charge is 0.322 e. The average molecular weight is 431 g/mol. The van der Waals surface area contributed by atoms with Crippen LogP contribution in [0.2, 0.25) is 0 Å². The second kappa shape index (κ2) is 7.49. The predicted octanol–water partition coefficient (Wildman–Crippen LogP) is 3.19. The van der Waals surface area contributed by atoms with E-state index in [0.29, 0.717) is 5.69 Å². The minimum atomic E-state index is -3.32. The van der Waals surface area contributed by atoms with Gasteiger partial charge in [-0.05, 0) is 12.5 Å². The van der Waals surface area contributed by atoms with E-state index >= 15 is 0 Å². The van der Waals surface area contributed by atoms with Gasteiger partial charge in [0.25, 0.3) is 12.3 Å². The molecule has 0 aliphatic carbocycles. The van der Waals surface area contributed by atoms with E-state index in [4.69, 9.17) is 0 Å². The molecule has 0 fully saturated rings. The molecule has 2 amide bonds. The molecule has 7 nitrogen and oxygen atoms in total. The molecule has 0 bridgehead atoms. The highest BCUT2D eigenvalue weighted by atomic mass is 19.3. The number of aliphatic hydroxyl groups excluding tert-OH is 1. The number of nitrogens with zero attached hydrogens (tertiary/aromatic N) is 4. The molecule has 162 valence electrons. The van der Waals surface area contributed by atoms with Gasteiger partial charge in [0.05, 0.1) is 24.0 Å². The van der Waals surface area contributed by atoms with Gasteiger partial charge in [-0.3, -0.25) is 9.67 Å². The number of aryl methyl sites for hydroxylation is 1. The van der Waals surface area contributed by atoms with E-state index in [1.165, 1.54) is 9.58 Å². The van der Waals surface area contributed by atoms with Crippen LogP contribution in [0.3, 0.4) is 0 Å². The number of aromatic nitrogens is 3. The molecule has 0 saturated heterocycles. The topological polar surface area (TPSA) is 83.3 Å². The summed E-state index contributed by atoms with van der Waals surface area (Å²) < 4.78 is 70.3. The van der Waals surface area contributed by atoms with E-state index < -0.39 is 48.1 Å². The Bertz CT molecular complexity index is 980. The van der Waals surface area contributed by atoms with Crippen LogP contribution >= 0.6 is 0 Å². The van der Waals surface area contributed by atoms with E-state index in [9.17, 15) is 31.9 Å². The molecule has 30 heavy (non-hydrogen) atoms. The van der Waals surface area contributed by atoms with Gasteiger partial charge >= 0.3 is 6.03 Å². The first kappa shape index (κ1) is 20.5. The standard InChI is InChI=1S/C18H18F5N5O2/c19-13-12(1-4-24-14(13)16(20)21)25-17(30)27-5-3-11-10(8-27)15-18(22,23)7-9(29)2-6-28(15)26-11/h1,4,9,16,29H,2-3,5-8H2,(H,24,25,30)/t9-/m0/s1. The van der Waals surface area contributed by atoms with E-state index in [1.54, 1.807) is 0 Å². The number of hydrogen-bond acceptors (Lipinski definition) is 4. The summed E-state index contributed by atoms with van der Waals surface area (Å²) in [5.41, 5.74) is -1.26. The Balaban J connectivity index is 1.58. The van der Waals surface area contributed by atoms with Crippen molar-refractivity contribution in [2.75, 3.05) is 11.9 Å². The lowest BCUT2D eigenvalue weighted by Crippen LogP contribution is -2.39. The van der Waals surface area contributed by atoms with Gasteiger partial charge in [0, 0.05) is 37.7 Å². The van der Waals surface area contributed by atoms with Crippen molar-refractivity contribution >= 4 is 11.7 Å². The van der Waals surface area contributed by atoms with Crippen molar-refractivity contribution < 1.29 is 31.9 Å². The summed E-state index contributed by atoms with van der Waals surface area (Å²) >= 11 is 0. The molecule has 4 heterocycles. The first-order chi connectivity index (χ1) is 14.2. The summed E-state index contributed by atoms with van der Waals surface area (Å²) in [4.78, 5) is 17.0. The zero-order valence-electron chi connectivity index (χ0n) is 15.6. The highest BCUT2D eigenvalue weighted by Crippen LogP contribution is 2.40. The number of carbonyl (C=O) groups is 1. The largest absolute Gasteiger partial charge is 0.393 e. The average Bonchev–Trinajstić information content (AvgIpc) is 3.00. The SMILES string of the molecule is O=C(Nc1ccnc(C(F)F)c1F)N1CCc2nn3c(c2C1)C(F)(F)C[C@@H](O)CC3. The molecule has 2 aromatic rings. The van der Waals surface area contributed by atoms with Gasteiger partial charge in [0.1, 0.15) is 11.4 Å². The maximum Gasteiger partial charge on any atom is 0.322 e. The maximum atomic E-state index is 14.7. The number of hydrogen-bond donors (Lipinski definition) is 2. The third-order valence-electron chi connectivity index (χ3n) is 5.27. The van der Waals surface area contributed by atoms with Crippen molar-refractivity contribution in [3.8, 4) is 0 Å². The van der Waals surface area contributed by atoms with Gasteiger partial charge in [-0.1, -0.05) is 0 Å². The number of pyridine rings is 1. The van der Waals surface area contributed by atoms with E-state index in [1.807, 2.05) is 0 Å². The monoisotopic (exact) mass is 431 g/mol. The van der Waals surface area contributed by atoms with Gasteiger partial charge in [0.15, 0.2) is 5.82 Å². The molecule has 0 aromatic carbocycles. The quantitative estimate of drug-likeness (QED) is 0.716. The highest BCUT2D eigenvalue weighted by molar-refractivity contribution is 5.89. The summed E-state index contributed by atoms with van der Waals surface area (Å²) in [6.45, 7) is 0.0679. The Hall–Kier alpha value is -2.76. The maximum absolute atomic E-state index is 14.7.